The predicted octanol–water partition coefficient (Wildman–Crippen LogP) is 2.14. The molecule has 4 heteroatoms. The van der Waals surface area contributed by atoms with Crippen molar-refractivity contribution < 1.29 is 14.7 Å². The quantitative estimate of drug-likeness (QED) is 0.838. The Morgan fingerprint density at radius 3 is 2.44 bits per heavy atom. The molecule has 4 nitrogen and oxygen atoms in total. The first-order chi connectivity index (χ1) is 8.58. The van der Waals surface area contributed by atoms with E-state index in [4.69, 9.17) is 5.11 Å². The lowest BCUT2D eigenvalue weighted by Crippen LogP contribution is -2.45. The molecule has 1 aliphatic carbocycles. The normalized spacial score (nSPS) is 29.5. The highest BCUT2D eigenvalue weighted by Crippen LogP contribution is 2.29. The number of nitrogens with zero attached hydrogens (tertiary/aromatic N) is 1. The summed E-state index contributed by atoms with van der Waals surface area (Å²) in [6.45, 7) is 3.17. The summed E-state index contributed by atoms with van der Waals surface area (Å²) < 4.78 is 0. The number of hydrogen-bond donors (Lipinski definition) is 1. The molecular weight excluding hydrogens is 230 g/mol. The summed E-state index contributed by atoms with van der Waals surface area (Å²) >= 11 is 0. The van der Waals surface area contributed by atoms with E-state index in [1.54, 1.807) is 0 Å². The van der Waals surface area contributed by atoms with Gasteiger partial charge in [0.2, 0.25) is 5.91 Å². The molecule has 2 rings (SSSR count). The Morgan fingerprint density at radius 1 is 1.22 bits per heavy atom. The van der Waals surface area contributed by atoms with E-state index in [2.05, 4.69) is 0 Å². The van der Waals surface area contributed by atoms with Crippen LogP contribution in [0.5, 0.6) is 0 Å². The first kappa shape index (κ1) is 13.4. The fourth-order valence-corrected chi connectivity index (χ4v) is 3.33. The molecule has 0 spiro atoms. The number of carbonyl (C=O) groups is 2. The van der Waals surface area contributed by atoms with Crippen LogP contribution in [0.3, 0.4) is 0 Å². The number of carboxylic acid groups (broad SMARTS) is 1. The van der Waals surface area contributed by atoms with Gasteiger partial charge in [-0.1, -0.05) is 19.8 Å². The Morgan fingerprint density at radius 2 is 1.89 bits per heavy atom. The largest absolute Gasteiger partial charge is 0.481 e. The Kier molecular flexibility index (Phi) is 4.25. The highest BCUT2D eigenvalue weighted by Gasteiger charge is 2.33. The van der Waals surface area contributed by atoms with Gasteiger partial charge in [0.15, 0.2) is 0 Å². The molecule has 1 saturated carbocycles. The zero-order chi connectivity index (χ0) is 13.1. The number of carboxylic acids is 1. The van der Waals surface area contributed by atoms with Crippen molar-refractivity contribution in [2.45, 2.75) is 45.4 Å². The lowest BCUT2D eigenvalue weighted by molar-refractivity contribution is -0.148. The van der Waals surface area contributed by atoms with Crippen LogP contribution in [-0.2, 0) is 9.59 Å². The van der Waals surface area contributed by atoms with E-state index in [0.29, 0.717) is 31.8 Å². The molecule has 102 valence electrons. The first-order valence-electron chi connectivity index (χ1n) is 7.08. The third-order valence-corrected chi connectivity index (χ3v) is 4.51. The van der Waals surface area contributed by atoms with Crippen molar-refractivity contribution in [1.29, 1.82) is 0 Å². The van der Waals surface area contributed by atoms with Gasteiger partial charge in [-0.3, -0.25) is 9.59 Å². The molecule has 2 atom stereocenters. The van der Waals surface area contributed by atoms with Crippen LogP contribution in [0.2, 0.25) is 0 Å². The summed E-state index contributed by atoms with van der Waals surface area (Å²) in [6, 6.07) is 0. The first-order valence-corrected chi connectivity index (χ1v) is 7.08. The molecule has 2 fully saturated rings. The van der Waals surface area contributed by atoms with E-state index >= 15 is 0 Å². The number of amides is 1. The summed E-state index contributed by atoms with van der Waals surface area (Å²) in [5.41, 5.74) is 0. The van der Waals surface area contributed by atoms with Crippen molar-refractivity contribution in [3.63, 3.8) is 0 Å². The molecule has 1 heterocycles. The fourth-order valence-electron chi connectivity index (χ4n) is 3.33. The Hall–Kier alpha value is -1.06. The van der Waals surface area contributed by atoms with Gasteiger partial charge in [-0.2, -0.15) is 0 Å². The molecule has 18 heavy (non-hydrogen) atoms. The average Bonchev–Trinajstić information content (AvgIpc) is 2.81. The van der Waals surface area contributed by atoms with Crippen LogP contribution >= 0.6 is 0 Å². The highest BCUT2D eigenvalue weighted by atomic mass is 16.4. The number of likely N-dealkylation sites (tertiary alicyclic amines) is 1. The van der Waals surface area contributed by atoms with Gasteiger partial charge in [0, 0.05) is 19.5 Å². The van der Waals surface area contributed by atoms with Crippen molar-refractivity contribution in [1.82, 2.24) is 4.90 Å². The molecule has 0 aromatic rings. The maximum atomic E-state index is 12.2. The molecule has 0 aromatic heterocycles. The molecule has 2 aliphatic rings. The topological polar surface area (TPSA) is 57.6 Å². The van der Waals surface area contributed by atoms with Crippen LogP contribution in [0.15, 0.2) is 0 Å². The summed E-state index contributed by atoms with van der Waals surface area (Å²) in [7, 11) is 0. The molecule has 1 aliphatic heterocycles. The molecule has 0 bridgehead atoms. The minimum Gasteiger partial charge on any atom is -0.481 e. The van der Waals surface area contributed by atoms with Gasteiger partial charge in [-0.15, -0.1) is 0 Å². The van der Waals surface area contributed by atoms with Crippen LogP contribution in [0.25, 0.3) is 0 Å². The SMILES string of the molecule is CC1CN(C(=O)CC2CCCC2)CCC1C(=O)O. The predicted molar refractivity (Wildman–Crippen MR) is 68.1 cm³/mol. The highest BCUT2D eigenvalue weighted by molar-refractivity contribution is 5.77. The van der Waals surface area contributed by atoms with Gasteiger partial charge in [-0.25, -0.2) is 0 Å². The number of rotatable bonds is 3. The van der Waals surface area contributed by atoms with Gasteiger partial charge in [-0.05, 0) is 31.1 Å². The van der Waals surface area contributed by atoms with Crippen LogP contribution in [-0.4, -0.2) is 35.0 Å². The molecule has 0 radical (unpaired) electrons. The third kappa shape index (κ3) is 3.03. The lowest BCUT2D eigenvalue weighted by Gasteiger charge is -2.35. The van der Waals surface area contributed by atoms with Gasteiger partial charge in [0.05, 0.1) is 5.92 Å². The zero-order valence-corrected chi connectivity index (χ0v) is 11.1. The van der Waals surface area contributed by atoms with E-state index in [9.17, 15) is 9.59 Å². The summed E-state index contributed by atoms with van der Waals surface area (Å²) in [4.78, 5) is 25.0. The summed E-state index contributed by atoms with van der Waals surface area (Å²) in [5.74, 6) is -0.114. The van der Waals surface area contributed by atoms with Gasteiger partial charge in [0.1, 0.15) is 0 Å². The van der Waals surface area contributed by atoms with Crippen molar-refractivity contribution in [2.75, 3.05) is 13.1 Å². The standard InChI is InChI=1S/C14H23NO3/c1-10-9-15(7-6-12(10)14(17)18)13(16)8-11-4-2-3-5-11/h10-12H,2-9H2,1H3,(H,17,18). The Balaban J connectivity index is 1.83. The van der Waals surface area contributed by atoms with Gasteiger partial charge in [0.25, 0.3) is 0 Å². The third-order valence-electron chi connectivity index (χ3n) is 4.51. The van der Waals surface area contributed by atoms with Crippen LogP contribution in [0.4, 0.5) is 0 Å². The van der Waals surface area contributed by atoms with Crippen molar-refractivity contribution in [2.24, 2.45) is 17.8 Å². The molecule has 0 aromatic carbocycles. The zero-order valence-electron chi connectivity index (χ0n) is 11.1. The van der Waals surface area contributed by atoms with Crippen LogP contribution < -0.4 is 0 Å². The average molecular weight is 253 g/mol. The maximum absolute atomic E-state index is 12.2. The molecule has 1 N–H and O–H groups in total. The molecule has 2 unspecified atom stereocenters. The molecule has 1 saturated heterocycles. The molecular formula is C14H23NO3. The van der Waals surface area contributed by atoms with Gasteiger partial charge >= 0.3 is 5.97 Å². The Labute approximate surface area is 108 Å². The minimum absolute atomic E-state index is 0.0729. The number of piperidine rings is 1. The van der Waals surface area contributed by atoms with Crippen molar-refractivity contribution >= 4 is 11.9 Å². The summed E-state index contributed by atoms with van der Waals surface area (Å²) in [5, 5.41) is 9.06. The summed E-state index contributed by atoms with van der Waals surface area (Å²) in [6.07, 6.45) is 6.17. The second-order valence-corrected chi connectivity index (χ2v) is 5.91. The van der Waals surface area contributed by atoms with Crippen LogP contribution in [0.1, 0.15) is 45.4 Å². The number of hydrogen-bond acceptors (Lipinski definition) is 2. The van der Waals surface area contributed by atoms with E-state index in [1.807, 2.05) is 11.8 Å². The lowest BCUT2D eigenvalue weighted by atomic mass is 9.86. The Bertz CT molecular complexity index is 323. The van der Waals surface area contributed by atoms with E-state index < -0.39 is 5.97 Å². The smallest absolute Gasteiger partial charge is 0.306 e. The monoisotopic (exact) mass is 253 g/mol. The van der Waals surface area contributed by atoms with Crippen molar-refractivity contribution in [3.05, 3.63) is 0 Å². The number of carbonyl (C=O) groups excluding carboxylic acids is 1. The van der Waals surface area contributed by atoms with Crippen LogP contribution in [0, 0.1) is 17.8 Å². The molecule has 1 amide bonds. The van der Waals surface area contributed by atoms with E-state index in [-0.39, 0.29) is 17.7 Å². The fraction of sp³-hybridized carbons (Fsp3) is 0.857. The second-order valence-electron chi connectivity index (χ2n) is 5.91. The van der Waals surface area contributed by atoms with Crippen molar-refractivity contribution in [3.8, 4) is 0 Å². The maximum Gasteiger partial charge on any atom is 0.306 e. The van der Waals surface area contributed by atoms with E-state index in [1.165, 1.54) is 25.7 Å². The minimum atomic E-state index is -0.717. The van der Waals surface area contributed by atoms with E-state index in [0.717, 1.165) is 0 Å². The number of aliphatic carboxylic acids is 1. The van der Waals surface area contributed by atoms with Gasteiger partial charge < -0.3 is 10.0 Å². The second kappa shape index (κ2) is 5.72.